The molecule has 1 aliphatic heterocycles. The van der Waals surface area contributed by atoms with E-state index in [0.29, 0.717) is 17.3 Å². The number of amides is 3. The SMILES string of the molecule is Cc1cccc(Cn2cc(/C=C3/NC(=O)N(c4ccc(Cl)cc4)C3=O)c3ccccc32)c1. The minimum atomic E-state index is -0.480. The number of urea groups is 1. The average molecular weight is 442 g/mol. The number of rotatable bonds is 4. The van der Waals surface area contributed by atoms with Crippen LogP contribution in [0.3, 0.4) is 0 Å². The molecular weight excluding hydrogens is 422 g/mol. The minimum absolute atomic E-state index is 0.239. The van der Waals surface area contributed by atoms with Gasteiger partial charge in [0.25, 0.3) is 5.91 Å². The van der Waals surface area contributed by atoms with E-state index in [0.717, 1.165) is 21.4 Å². The molecule has 0 spiro atoms. The number of imide groups is 1. The van der Waals surface area contributed by atoms with Gasteiger partial charge in [0, 0.05) is 34.2 Å². The average Bonchev–Trinajstić information content (AvgIpc) is 3.26. The molecule has 3 aromatic carbocycles. The molecule has 0 radical (unpaired) electrons. The maximum atomic E-state index is 13.0. The highest BCUT2D eigenvalue weighted by atomic mass is 35.5. The number of anilines is 1. The first-order chi connectivity index (χ1) is 15.5. The lowest BCUT2D eigenvalue weighted by Crippen LogP contribution is -2.30. The lowest BCUT2D eigenvalue weighted by Gasteiger charge is -2.11. The molecule has 0 unspecified atom stereocenters. The summed E-state index contributed by atoms with van der Waals surface area (Å²) in [5.41, 5.74) is 5.06. The van der Waals surface area contributed by atoms with E-state index in [4.69, 9.17) is 11.6 Å². The number of nitrogens with one attached hydrogen (secondary N) is 1. The fourth-order valence-electron chi connectivity index (χ4n) is 4.04. The number of fused-ring (bicyclic) bond motifs is 1. The van der Waals surface area contributed by atoms with Crippen LogP contribution in [-0.4, -0.2) is 16.5 Å². The third-order valence-corrected chi connectivity index (χ3v) is 5.77. The van der Waals surface area contributed by atoms with Crippen molar-refractivity contribution in [3.05, 3.63) is 106 Å². The van der Waals surface area contributed by atoms with Gasteiger partial charge in [-0.25, -0.2) is 9.69 Å². The van der Waals surface area contributed by atoms with Crippen molar-refractivity contribution in [1.29, 1.82) is 0 Å². The van der Waals surface area contributed by atoms with E-state index < -0.39 is 11.9 Å². The molecule has 4 aromatic rings. The second-order valence-electron chi connectivity index (χ2n) is 7.82. The molecule has 1 fully saturated rings. The Kier molecular flexibility index (Phi) is 5.04. The van der Waals surface area contributed by atoms with Crippen LogP contribution in [0.1, 0.15) is 16.7 Å². The summed E-state index contributed by atoms with van der Waals surface area (Å²) in [6.45, 7) is 2.79. The molecule has 0 atom stereocenters. The Morgan fingerprint density at radius 1 is 0.969 bits per heavy atom. The molecule has 3 amide bonds. The van der Waals surface area contributed by atoms with Crippen molar-refractivity contribution in [2.75, 3.05) is 4.90 Å². The van der Waals surface area contributed by atoms with Crippen LogP contribution in [0.5, 0.6) is 0 Å². The smallest absolute Gasteiger partial charge is 0.333 e. The maximum absolute atomic E-state index is 13.0. The minimum Gasteiger partial charge on any atom is -0.342 e. The van der Waals surface area contributed by atoms with Crippen molar-refractivity contribution in [1.82, 2.24) is 9.88 Å². The molecule has 0 bridgehead atoms. The van der Waals surface area contributed by atoms with Gasteiger partial charge in [0.15, 0.2) is 0 Å². The molecule has 6 heteroatoms. The van der Waals surface area contributed by atoms with E-state index in [1.165, 1.54) is 11.1 Å². The number of aryl methyl sites for hydroxylation is 1. The predicted octanol–water partition coefficient (Wildman–Crippen LogP) is 5.75. The zero-order valence-electron chi connectivity index (χ0n) is 17.4. The van der Waals surface area contributed by atoms with Crippen LogP contribution in [0.15, 0.2) is 84.7 Å². The molecule has 1 saturated heterocycles. The summed E-state index contributed by atoms with van der Waals surface area (Å²) in [5, 5.41) is 4.26. The highest BCUT2D eigenvalue weighted by molar-refractivity contribution is 6.31. The second-order valence-corrected chi connectivity index (χ2v) is 8.26. The molecule has 2 heterocycles. The lowest BCUT2D eigenvalue weighted by molar-refractivity contribution is -0.113. The van der Waals surface area contributed by atoms with E-state index in [2.05, 4.69) is 47.1 Å². The molecule has 1 N–H and O–H groups in total. The Morgan fingerprint density at radius 2 is 1.75 bits per heavy atom. The summed E-state index contributed by atoms with van der Waals surface area (Å²) in [4.78, 5) is 26.7. The number of aromatic nitrogens is 1. The Labute approximate surface area is 190 Å². The van der Waals surface area contributed by atoms with Gasteiger partial charge < -0.3 is 9.88 Å². The number of carbonyl (C=O) groups excluding carboxylic acids is 2. The zero-order chi connectivity index (χ0) is 22.2. The Morgan fingerprint density at radius 3 is 2.53 bits per heavy atom. The summed E-state index contributed by atoms with van der Waals surface area (Å²) in [7, 11) is 0. The molecule has 5 rings (SSSR count). The van der Waals surface area contributed by atoms with Crippen LogP contribution in [0.4, 0.5) is 10.5 Å². The van der Waals surface area contributed by atoms with Crippen LogP contribution in [0, 0.1) is 6.92 Å². The number of carbonyl (C=O) groups is 2. The van der Waals surface area contributed by atoms with E-state index in [-0.39, 0.29) is 5.70 Å². The van der Waals surface area contributed by atoms with Crippen molar-refractivity contribution in [3.8, 4) is 0 Å². The molecule has 5 nitrogen and oxygen atoms in total. The van der Waals surface area contributed by atoms with Gasteiger partial charge in [-0.05, 0) is 48.9 Å². The summed E-state index contributed by atoms with van der Waals surface area (Å²) in [5.74, 6) is -0.396. The molecule has 0 aliphatic carbocycles. The van der Waals surface area contributed by atoms with E-state index in [1.54, 1.807) is 30.3 Å². The van der Waals surface area contributed by atoms with E-state index in [9.17, 15) is 9.59 Å². The van der Waals surface area contributed by atoms with Gasteiger partial charge in [0.05, 0.1) is 5.69 Å². The predicted molar refractivity (Wildman–Crippen MR) is 128 cm³/mol. The van der Waals surface area contributed by atoms with Gasteiger partial charge in [0.2, 0.25) is 0 Å². The van der Waals surface area contributed by atoms with Crippen LogP contribution >= 0.6 is 11.6 Å². The highest BCUT2D eigenvalue weighted by Gasteiger charge is 2.35. The first kappa shape index (κ1) is 20.1. The Balaban J connectivity index is 1.52. The van der Waals surface area contributed by atoms with Crippen LogP contribution in [0.25, 0.3) is 17.0 Å². The number of hydrogen-bond donors (Lipinski definition) is 1. The zero-order valence-corrected chi connectivity index (χ0v) is 18.1. The number of nitrogens with zero attached hydrogens (tertiary/aromatic N) is 2. The lowest BCUT2D eigenvalue weighted by atomic mass is 10.1. The van der Waals surface area contributed by atoms with Gasteiger partial charge >= 0.3 is 6.03 Å². The first-order valence-corrected chi connectivity index (χ1v) is 10.6. The van der Waals surface area contributed by atoms with Crippen molar-refractivity contribution >= 4 is 46.2 Å². The fraction of sp³-hybridized carbons (Fsp3) is 0.0769. The third kappa shape index (κ3) is 3.67. The normalized spacial score (nSPS) is 15.1. The van der Waals surface area contributed by atoms with Crippen molar-refractivity contribution in [2.24, 2.45) is 0 Å². The maximum Gasteiger partial charge on any atom is 0.333 e. The second kappa shape index (κ2) is 8.02. The molecule has 158 valence electrons. The standard InChI is InChI=1S/C26H20ClN3O2/c1-17-5-4-6-18(13-17)15-29-16-19(22-7-2-3-8-24(22)29)14-23-25(31)30(26(32)28-23)21-11-9-20(27)10-12-21/h2-14,16H,15H2,1H3,(H,28,32)/b23-14+. The summed E-state index contributed by atoms with van der Waals surface area (Å²) in [6, 6.07) is 22.6. The Hall–Kier alpha value is -3.83. The van der Waals surface area contributed by atoms with Gasteiger partial charge in [0.1, 0.15) is 5.70 Å². The van der Waals surface area contributed by atoms with Crippen molar-refractivity contribution in [2.45, 2.75) is 13.5 Å². The third-order valence-electron chi connectivity index (χ3n) is 5.52. The molecule has 0 saturated carbocycles. The van der Waals surface area contributed by atoms with Crippen molar-refractivity contribution < 1.29 is 9.59 Å². The number of hydrogen-bond acceptors (Lipinski definition) is 2. The van der Waals surface area contributed by atoms with Crippen molar-refractivity contribution in [3.63, 3.8) is 0 Å². The van der Waals surface area contributed by atoms with Crippen LogP contribution in [-0.2, 0) is 11.3 Å². The Bertz CT molecular complexity index is 1390. The van der Waals surface area contributed by atoms with Gasteiger partial charge in [-0.15, -0.1) is 0 Å². The van der Waals surface area contributed by atoms with Gasteiger partial charge in [-0.1, -0.05) is 59.6 Å². The molecule has 32 heavy (non-hydrogen) atoms. The van der Waals surface area contributed by atoms with E-state index in [1.807, 2.05) is 24.4 Å². The molecule has 1 aromatic heterocycles. The number of para-hydroxylation sites is 1. The largest absolute Gasteiger partial charge is 0.342 e. The fourth-order valence-corrected chi connectivity index (χ4v) is 4.17. The van der Waals surface area contributed by atoms with E-state index >= 15 is 0 Å². The highest BCUT2D eigenvalue weighted by Crippen LogP contribution is 2.28. The monoisotopic (exact) mass is 441 g/mol. The van der Waals surface area contributed by atoms with Gasteiger partial charge in [-0.2, -0.15) is 0 Å². The van der Waals surface area contributed by atoms with Crippen LogP contribution in [0.2, 0.25) is 5.02 Å². The summed E-state index contributed by atoms with van der Waals surface area (Å²) in [6.07, 6.45) is 3.76. The summed E-state index contributed by atoms with van der Waals surface area (Å²) >= 11 is 5.93. The number of benzene rings is 3. The molecular formula is C26H20ClN3O2. The van der Waals surface area contributed by atoms with Crippen LogP contribution < -0.4 is 10.2 Å². The quantitative estimate of drug-likeness (QED) is 0.324. The van der Waals surface area contributed by atoms with Gasteiger partial charge in [-0.3, -0.25) is 4.79 Å². The number of halogens is 1. The molecule has 1 aliphatic rings. The topological polar surface area (TPSA) is 54.3 Å². The first-order valence-electron chi connectivity index (χ1n) is 10.3. The summed E-state index contributed by atoms with van der Waals surface area (Å²) < 4.78 is 2.16.